The number of amides is 1. The summed E-state index contributed by atoms with van der Waals surface area (Å²) in [4.78, 5) is 13.9. The van der Waals surface area contributed by atoms with Gasteiger partial charge in [0, 0.05) is 35.8 Å². The number of carbonyl (C=O) groups is 1. The maximum Gasteiger partial charge on any atom is 0.222 e. The smallest absolute Gasteiger partial charge is 0.222 e. The van der Waals surface area contributed by atoms with E-state index in [2.05, 4.69) is 68.8 Å². The van der Waals surface area contributed by atoms with Gasteiger partial charge in [-0.3, -0.25) is 4.79 Å². The predicted octanol–water partition coefficient (Wildman–Crippen LogP) is 8.60. The second-order valence-electron chi connectivity index (χ2n) is 10.7. The number of nitrogens with zero attached hydrogens (tertiary/aromatic N) is 1. The molecule has 2 fully saturated rings. The van der Waals surface area contributed by atoms with Crippen LogP contribution in [0.3, 0.4) is 0 Å². The van der Waals surface area contributed by atoms with Crippen LogP contribution in [0, 0.1) is 11.3 Å². The van der Waals surface area contributed by atoms with Crippen molar-refractivity contribution in [2.45, 2.75) is 118 Å². The molecular weight excluding hydrogens is 416 g/mol. The van der Waals surface area contributed by atoms with Crippen LogP contribution in [0.2, 0.25) is 0 Å². The lowest BCUT2D eigenvalue weighted by atomic mass is 9.76. The molecule has 3 rings (SSSR count). The van der Waals surface area contributed by atoms with Crippen molar-refractivity contribution in [1.29, 1.82) is 0 Å². The average Bonchev–Trinajstić information content (AvgIpc) is 3.64. The van der Waals surface area contributed by atoms with Gasteiger partial charge in [-0.15, -0.1) is 0 Å². The zero-order chi connectivity index (χ0) is 25.0. The Kier molecular flexibility index (Phi) is 12.2. The fraction of sp³-hybridized carbons (Fsp3) is 0.710. The lowest BCUT2D eigenvalue weighted by Crippen LogP contribution is -2.29. The molecule has 1 saturated carbocycles. The van der Waals surface area contributed by atoms with Crippen molar-refractivity contribution in [3.63, 3.8) is 0 Å². The summed E-state index contributed by atoms with van der Waals surface area (Å²) in [6.45, 7) is 17.4. The number of hydrogen-bond acceptors (Lipinski definition) is 2. The number of anilines is 1. The first-order chi connectivity index (χ1) is 16.4. The third kappa shape index (κ3) is 8.17. The number of rotatable bonds is 13. The van der Waals surface area contributed by atoms with Crippen molar-refractivity contribution in [2.75, 3.05) is 18.0 Å². The van der Waals surface area contributed by atoms with E-state index in [0.717, 1.165) is 44.7 Å². The van der Waals surface area contributed by atoms with Crippen molar-refractivity contribution in [1.82, 2.24) is 5.32 Å². The summed E-state index contributed by atoms with van der Waals surface area (Å²) in [5.74, 6) is 1.26. The molecule has 1 saturated heterocycles. The number of hydrogen-bond donors (Lipinski definition) is 1. The highest BCUT2D eigenvalue weighted by molar-refractivity contribution is 5.78. The van der Waals surface area contributed by atoms with Gasteiger partial charge in [0.15, 0.2) is 0 Å². The molecule has 1 amide bonds. The molecule has 1 aromatic rings. The summed E-state index contributed by atoms with van der Waals surface area (Å²) in [6, 6.07) is 9.29. The van der Waals surface area contributed by atoms with E-state index in [4.69, 9.17) is 0 Å². The van der Waals surface area contributed by atoms with Crippen LogP contribution < -0.4 is 10.2 Å². The van der Waals surface area contributed by atoms with Gasteiger partial charge in [-0.1, -0.05) is 85.4 Å². The molecule has 0 aromatic heterocycles. The molecule has 1 heterocycles. The van der Waals surface area contributed by atoms with E-state index in [1.54, 1.807) is 0 Å². The SMILES string of the molecule is C=C1N(c2ccc(C3CC3)cc2)CCC1(CCC)CCC.CCCCNC(=O)[C@H](C)CCCC. The van der Waals surface area contributed by atoms with E-state index in [1.807, 2.05) is 6.92 Å². The van der Waals surface area contributed by atoms with Crippen LogP contribution in [0.15, 0.2) is 36.5 Å². The van der Waals surface area contributed by atoms with Crippen molar-refractivity contribution in [2.24, 2.45) is 11.3 Å². The van der Waals surface area contributed by atoms with E-state index in [0.29, 0.717) is 5.41 Å². The molecule has 0 unspecified atom stereocenters. The van der Waals surface area contributed by atoms with Crippen LogP contribution in [0.1, 0.15) is 123 Å². The highest BCUT2D eigenvalue weighted by Gasteiger charge is 2.40. The van der Waals surface area contributed by atoms with Crippen LogP contribution in [-0.4, -0.2) is 19.0 Å². The molecule has 0 spiro atoms. The Balaban J connectivity index is 0.000000273. The minimum Gasteiger partial charge on any atom is -0.356 e. The molecule has 2 aliphatic rings. The summed E-state index contributed by atoms with van der Waals surface area (Å²) >= 11 is 0. The first-order valence-corrected chi connectivity index (χ1v) is 14.3. The minimum atomic E-state index is 0.191. The van der Waals surface area contributed by atoms with Gasteiger partial charge in [0.1, 0.15) is 0 Å². The van der Waals surface area contributed by atoms with Gasteiger partial charge in [0.25, 0.3) is 0 Å². The molecule has 1 atom stereocenters. The third-order valence-corrected chi connectivity index (χ3v) is 7.73. The summed E-state index contributed by atoms with van der Waals surface area (Å²) in [5.41, 5.74) is 4.60. The Hall–Kier alpha value is -1.77. The molecule has 34 heavy (non-hydrogen) atoms. The normalized spacial score (nSPS) is 17.8. The van der Waals surface area contributed by atoms with Crippen molar-refractivity contribution in [3.05, 3.63) is 42.1 Å². The van der Waals surface area contributed by atoms with Crippen molar-refractivity contribution >= 4 is 11.6 Å². The fourth-order valence-corrected chi connectivity index (χ4v) is 5.34. The fourth-order valence-electron chi connectivity index (χ4n) is 5.34. The van der Waals surface area contributed by atoms with Gasteiger partial charge >= 0.3 is 0 Å². The lowest BCUT2D eigenvalue weighted by Gasteiger charge is -2.32. The molecule has 1 aliphatic heterocycles. The van der Waals surface area contributed by atoms with Crippen LogP contribution in [-0.2, 0) is 4.79 Å². The quantitative estimate of drug-likeness (QED) is 0.294. The summed E-state index contributed by atoms with van der Waals surface area (Å²) in [6.07, 6.45) is 14.7. The van der Waals surface area contributed by atoms with E-state index in [9.17, 15) is 4.79 Å². The van der Waals surface area contributed by atoms with Gasteiger partial charge < -0.3 is 10.2 Å². The molecule has 3 nitrogen and oxygen atoms in total. The van der Waals surface area contributed by atoms with Crippen LogP contribution in [0.4, 0.5) is 5.69 Å². The Bertz CT molecular complexity index is 728. The number of allylic oxidation sites excluding steroid dienone is 1. The Morgan fingerprint density at radius 3 is 2.18 bits per heavy atom. The van der Waals surface area contributed by atoms with Gasteiger partial charge in [0.05, 0.1) is 0 Å². The Morgan fingerprint density at radius 2 is 1.65 bits per heavy atom. The zero-order valence-corrected chi connectivity index (χ0v) is 22.9. The molecule has 0 bridgehead atoms. The number of benzene rings is 1. The molecule has 1 N–H and O–H groups in total. The van der Waals surface area contributed by atoms with Gasteiger partial charge in [-0.25, -0.2) is 0 Å². The first kappa shape index (κ1) is 28.5. The molecule has 3 heteroatoms. The van der Waals surface area contributed by atoms with Gasteiger partial charge in [-0.05, 0) is 68.6 Å². The maximum absolute atomic E-state index is 11.4. The van der Waals surface area contributed by atoms with Crippen LogP contribution in [0.5, 0.6) is 0 Å². The summed E-state index contributed by atoms with van der Waals surface area (Å²) in [5, 5.41) is 2.95. The zero-order valence-electron chi connectivity index (χ0n) is 22.9. The first-order valence-electron chi connectivity index (χ1n) is 14.3. The largest absolute Gasteiger partial charge is 0.356 e. The number of nitrogens with one attached hydrogen (secondary N) is 1. The van der Waals surface area contributed by atoms with Crippen LogP contribution in [0.25, 0.3) is 0 Å². The van der Waals surface area contributed by atoms with Crippen molar-refractivity contribution < 1.29 is 4.79 Å². The number of unbranched alkanes of at least 4 members (excludes halogenated alkanes) is 2. The monoisotopic (exact) mass is 468 g/mol. The minimum absolute atomic E-state index is 0.191. The maximum atomic E-state index is 11.4. The highest BCUT2D eigenvalue weighted by atomic mass is 16.1. The third-order valence-electron chi connectivity index (χ3n) is 7.73. The van der Waals surface area contributed by atoms with Crippen LogP contribution >= 0.6 is 0 Å². The van der Waals surface area contributed by atoms with E-state index in [-0.39, 0.29) is 11.8 Å². The Labute approximate surface area is 210 Å². The van der Waals surface area contributed by atoms with Crippen molar-refractivity contribution in [3.8, 4) is 0 Å². The lowest BCUT2D eigenvalue weighted by molar-refractivity contribution is -0.124. The molecule has 0 radical (unpaired) electrons. The second-order valence-corrected chi connectivity index (χ2v) is 10.7. The predicted molar refractivity (Wildman–Crippen MR) is 148 cm³/mol. The Morgan fingerprint density at radius 1 is 1.03 bits per heavy atom. The van der Waals surface area contributed by atoms with E-state index in [1.165, 1.54) is 68.3 Å². The summed E-state index contributed by atoms with van der Waals surface area (Å²) in [7, 11) is 0. The topological polar surface area (TPSA) is 32.3 Å². The molecular formula is C31H52N2O. The number of carbonyl (C=O) groups excluding carboxylic acids is 1. The molecule has 192 valence electrons. The summed E-state index contributed by atoms with van der Waals surface area (Å²) < 4.78 is 0. The van der Waals surface area contributed by atoms with Gasteiger partial charge in [-0.2, -0.15) is 0 Å². The standard InChI is InChI=1S/C20H29N.C11H23NO/c1-4-12-20(13-5-2)14-15-21(16(20)3)19-10-8-18(9-11-19)17-6-7-17;1-4-6-8-10(3)11(13)12-9-7-5-2/h8-11,17H,3-7,12-15H2,1-2H3;10H,4-9H2,1-3H3,(H,12,13)/t;10-/m.1/s1. The highest BCUT2D eigenvalue weighted by Crippen LogP contribution is 2.48. The van der Waals surface area contributed by atoms with E-state index < -0.39 is 0 Å². The average molecular weight is 469 g/mol. The van der Waals surface area contributed by atoms with Gasteiger partial charge in [0.2, 0.25) is 5.91 Å². The molecule has 1 aliphatic carbocycles. The molecule has 1 aromatic carbocycles. The van der Waals surface area contributed by atoms with E-state index >= 15 is 0 Å². The second kappa shape index (κ2) is 14.6.